The first kappa shape index (κ1) is 20.3. The summed E-state index contributed by atoms with van der Waals surface area (Å²) in [5.41, 5.74) is 3.45. The lowest BCUT2D eigenvalue weighted by molar-refractivity contribution is -0.120. The van der Waals surface area contributed by atoms with E-state index in [-0.39, 0.29) is 23.3 Å². The zero-order chi connectivity index (χ0) is 19.5. The average Bonchev–Trinajstić information content (AvgIpc) is 2.54. The van der Waals surface area contributed by atoms with Crippen molar-refractivity contribution in [1.82, 2.24) is 5.32 Å². The minimum absolute atomic E-state index is 0.241. The van der Waals surface area contributed by atoms with Crippen molar-refractivity contribution in [2.75, 3.05) is 17.1 Å². The number of carbonyl (C=O) groups excluding carboxylic acids is 1. The number of anilines is 1. The number of halogens is 1. The Hall–Kier alpha value is -2.05. The largest absolute Gasteiger partial charge is 0.348 e. The quantitative estimate of drug-likeness (QED) is 0.813. The first-order valence-electron chi connectivity index (χ1n) is 8.18. The standard InChI is InChI=1S/C19H23ClN2O3S/c1-13-9-10-14(2)16(11-13)15(3)21-19(23)12-22(26(4,24)25)18-8-6-5-7-17(18)20/h5-11,15H,12H2,1-4H3,(H,21,23)/t15-/m1/s1. The molecule has 1 atom stereocenters. The molecule has 26 heavy (non-hydrogen) atoms. The second-order valence-electron chi connectivity index (χ2n) is 6.37. The normalized spacial score (nSPS) is 12.5. The van der Waals surface area contributed by atoms with Crippen molar-refractivity contribution >= 4 is 33.2 Å². The maximum atomic E-state index is 12.5. The Morgan fingerprint density at radius 3 is 2.46 bits per heavy atom. The summed E-state index contributed by atoms with van der Waals surface area (Å²) >= 11 is 6.11. The van der Waals surface area contributed by atoms with Gasteiger partial charge in [0.05, 0.1) is 23.0 Å². The van der Waals surface area contributed by atoms with E-state index in [1.54, 1.807) is 24.3 Å². The molecule has 2 aromatic rings. The Morgan fingerprint density at radius 2 is 1.85 bits per heavy atom. The molecule has 0 fully saturated rings. The van der Waals surface area contributed by atoms with Crippen LogP contribution in [-0.2, 0) is 14.8 Å². The van der Waals surface area contributed by atoms with Crippen molar-refractivity contribution in [3.8, 4) is 0 Å². The smallest absolute Gasteiger partial charge is 0.241 e. The third-order valence-corrected chi connectivity index (χ3v) is 5.53. The predicted octanol–water partition coefficient (Wildman–Crippen LogP) is 3.60. The van der Waals surface area contributed by atoms with E-state index < -0.39 is 15.9 Å². The van der Waals surface area contributed by atoms with E-state index in [4.69, 9.17) is 11.6 Å². The van der Waals surface area contributed by atoms with E-state index in [2.05, 4.69) is 5.32 Å². The third-order valence-electron chi connectivity index (χ3n) is 4.09. The van der Waals surface area contributed by atoms with E-state index in [0.717, 1.165) is 27.3 Å². The summed E-state index contributed by atoms with van der Waals surface area (Å²) in [5, 5.41) is 3.14. The van der Waals surface area contributed by atoms with Gasteiger partial charge in [-0.3, -0.25) is 9.10 Å². The molecular weight excluding hydrogens is 372 g/mol. The molecule has 0 saturated carbocycles. The number of amides is 1. The number of nitrogens with zero attached hydrogens (tertiary/aromatic N) is 1. The third kappa shape index (κ3) is 4.99. The van der Waals surface area contributed by atoms with E-state index in [9.17, 15) is 13.2 Å². The minimum Gasteiger partial charge on any atom is -0.348 e. The number of rotatable bonds is 6. The minimum atomic E-state index is -3.66. The number of nitrogens with one attached hydrogen (secondary N) is 1. The van der Waals surface area contributed by atoms with E-state index in [0.29, 0.717) is 0 Å². The summed E-state index contributed by atoms with van der Waals surface area (Å²) in [5.74, 6) is -0.399. The maximum Gasteiger partial charge on any atom is 0.241 e. The number of para-hydroxylation sites is 1. The first-order chi connectivity index (χ1) is 12.1. The molecule has 0 aliphatic carbocycles. The van der Waals surface area contributed by atoms with Crippen LogP contribution >= 0.6 is 11.6 Å². The summed E-state index contributed by atoms with van der Waals surface area (Å²) < 4.78 is 25.3. The number of hydrogen-bond acceptors (Lipinski definition) is 3. The van der Waals surface area contributed by atoms with Crippen LogP contribution in [-0.4, -0.2) is 27.1 Å². The molecule has 0 radical (unpaired) electrons. The van der Waals surface area contributed by atoms with Crippen molar-refractivity contribution in [3.05, 3.63) is 64.2 Å². The van der Waals surface area contributed by atoms with E-state index >= 15 is 0 Å². The Bertz CT molecular complexity index is 913. The molecule has 5 nitrogen and oxygen atoms in total. The highest BCUT2D eigenvalue weighted by atomic mass is 35.5. The van der Waals surface area contributed by atoms with Gasteiger partial charge in [0.15, 0.2) is 0 Å². The van der Waals surface area contributed by atoms with Gasteiger partial charge < -0.3 is 5.32 Å². The van der Waals surface area contributed by atoms with Gasteiger partial charge in [-0.1, -0.05) is 47.5 Å². The second kappa shape index (κ2) is 8.10. The number of sulfonamides is 1. The summed E-state index contributed by atoms with van der Waals surface area (Å²) in [6.45, 7) is 5.50. The molecule has 0 unspecified atom stereocenters. The number of hydrogen-bond donors (Lipinski definition) is 1. The number of carbonyl (C=O) groups is 1. The molecule has 140 valence electrons. The molecule has 1 amide bonds. The summed E-state index contributed by atoms with van der Waals surface area (Å²) in [7, 11) is -3.66. The maximum absolute atomic E-state index is 12.5. The van der Waals surface area contributed by atoms with Crippen LogP contribution < -0.4 is 9.62 Å². The highest BCUT2D eigenvalue weighted by Gasteiger charge is 2.23. The lowest BCUT2D eigenvalue weighted by atomic mass is 10.00. The molecule has 1 N–H and O–H groups in total. The van der Waals surface area contributed by atoms with Crippen molar-refractivity contribution in [1.29, 1.82) is 0 Å². The molecule has 0 spiro atoms. The predicted molar refractivity (Wildman–Crippen MR) is 106 cm³/mol. The molecule has 0 aliphatic heterocycles. The molecule has 0 saturated heterocycles. The zero-order valence-electron chi connectivity index (χ0n) is 15.3. The van der Waals surface area contributed by atoms with Crippen molar-refractivity contribution in [3.63, 3.8) is 0 Å². The Morgan fingerprint density at radius 1 is 1.19 bits per heavy atom. The topological polar surface area (TPSA) is 66.5 Å². The van der Waals surface area contributed by atoms with Crippen molar-refractivity contribution in [2.24, 2.45) is 0 Å². The highest BCUT2D eigenvalue weighted by molar-refractivity contribution is 7.92. The molecule has 0 bridgehead atoms. The van der Waals surface area contributed by atoms with Crippen molar-refractivity contribution in [2.45, 2.75) is 26.8 Å². The van der Waals surface area contributed by atoms with Crippen LogP contribution in [0.3, 0.4) is 0 Å². The molecule has 2 aromatic carbocycles. The highest BCUT2D eigenvalue weighted by Crippen LogP contribution is 2.27. The van der Waals surface area contributed by atoms with Gasteiger partial charge in [-0.25, -0.2) is 8.42 Å². The Balaban J connectivity index is 2.20. The summed E-state index contributed by atoms with van der Waals surface area (Å²) in [6.07, 6.45) is 1.05. The molecule has 0 heterocycles. The number of benzene rings is 2. The Labute approximate surface area is 160 Å². The van der Waals surface area contributed by atoms with Crippen LogP contribution in [0.1, 0.15) is 29.7 Å². The fourth-order valence-corrected chi connectivity index (χ4v) is 3.91. The molecule has 2 rings (SSSR count). The summed E-state index contributed by atoms with van der Waals surface area (Å²) in [4.78, 5) is 12.5. The van der Waals surface area contributed by atoms with E-state index in [1.807, 2.05) is 39.0 Å². The molecular formula is C19H23ClN2O3S. The van der Waals surface area contributed by atoms with Gasteiger partial charge in [-0.2, -0.15) is 0 Å². The monoisotopic (exact) mass is 394 g/mol. The van der Waals surface area contributed by atoms with Gasteiger partial charge in [0.25, 0.3) is 0 Å². The van der Waals surface area contributed by atoms with Crippen LogP contribution in [0, 0.1) is 13.8 Å². The van der Waals surface area contributed by atoms with Gasteiger partial charge in [0, 0.05) is 0 Å². The Kier molecular flexibility index (Phi) is 6.31. The van der Waals surface area contributed by atoms with Gasteiger partial charge in [0.2, 0.25) is 15.9 Å². The number of aryl methyl sites for hydroxylation is 2. The van der Waals surface area contributed by atoms with Gasteiger partial charge >= 0.3 is 0 Å². The molecule has 0 aromatic heterocycles. The van der Waals surface area contributed by atoms with Crippen LogP contribution in [0.4, 0.5) is 5.69 Å². The van der Waals surface area contributed by atoms with Crippen LogP contribution in [0.5, 0.6) is 0 Å². The average molecular weight is 395 g/mol. The van der Waals surface area contributed by atoms with Gasteiger partial charge in [-0.05, 0) is 44.0 Å². The lowest BCUT2D eigenvalue weighted by Gasteiger charge is -2.24. The van der Waals surface area contributed by atoms with Crippen LogP contribution in [0.25, 0.3) is 0 Å². The SMILES string of the molecule is Cc1ccc(C)c([C@@H](C)NC(=O)CN(c2ccccc2Cl)S(C)(=O)=O)c1. The van der Waals surface area contributed by atoms with Crippen LogP contribution in [0.2, 0.25) is 5.02 Å². The van der Waals surface area contributed by atoms with Gasteiger partial charge in [0.1, 0.15) is 6.54 Å². The fraction of sp³-hybridized carbons (Fsp3) is 0.316. The summed E-state index contributed by atoms with van der Waals surface area (Å²) in [6, 6.07) is 12.3. The lowest BCUT2D eigenvalue weighted by Crippen LogP contribution is -2.41. The van der Waals surface area contributed by atoms with E-state index in [1.165, 1.54) is 0 Å². The molecule has 7 heteroatoms. The second-order valence-corrected chi connectivity index (χ2v) is 8.68. The van der Waals surface area contributed by atoms with Crippen molar-refractivity contribution < 1.29 is 13.2 Å². The fourth-order valence-electron chi connectivity index (χ4n) is 2.76. The van der Waals surface area contributed by atoms with Crippen LogP contribution in [0.15, 0.2) is 42.5 Å². The van der Waals surface area contributed by atoms with Gasteiger partial charge in [-0.15, -0.1) is 0 Å². The zero-order valence-corrected chi connectivity index (χ0v) is 16.9. The first-order valence-corrected chi connectivity index (χ1v) is 10.4. The molecule has 0 aliphatic rings.